The monoisotopic (exact) mass is 480 g/mol. The summed E-state index contributed by atoms with van der Waals surface area (Å²) in [7, 11) is 0. The van der Waals surface area contributed by atoms with E-state index in [1.807, 2.05) is 48.5 Å². The van der Waals surface area contributed by atoms with Crippen LogP contribution in [0.3, 0.4) is 0 Å². The van der Waals surface area contributed by atoms with Crippen LogP contribution in [0.5, 0.6) is 17.2 Å². The van der Waals surface area contributed by atoms with Gasteiger partial charge in [0, 0.05) is 13.1 Å². The zero-order valence-corrected chi connectivity index (χ0v) is 19.5. The molecule has 0 aliphatic carbocycles. The molecule has 1 N–H and O–H groups in total. The molecule has 0 unspecified atom stereocenters. The highest BCUT2D eigenvalue weighted by molar-refractivity contribution is 6.32. The summed E-state index contributed by atoms with van der Waals surface area (Å²) in [6.07, 6.45) is 0. The van der Waals surface area contributed by atoms with Gasteiger partial charge in [-0.1, -0.05) is 60.1 Å². The second-order valence-electron chi connectivity index (χ2n) is 7.81. The number of ether oxygens (including phenoxy) is 3. The highest BCUT2D eigenvalue weighted by Crippen LogP contribution is 2.32. The first-order valence-electron chi connectivity index (χ1n) is 10.9. The van der Waals surface area contributed by atoms with Crippen molar-refractivity contribution < 1.29 is 23.8 Å². The summed E-state index contributed by atoms with van der Waals surface area (Å²) in [5.74, 6) is 1.14. The maximum atomic E-state index is 13.1. The Morgan fingerprint density at radius 2 is 1.74 bits per heavy atom. The van der Waals surface area contributed by atoms with Gasteiger partial charge in [0.25, 0.3) is 5.91 Å². The SMILES string of the molecule is C[C@@H](C(=O)NCc1ccc2c(c1)OCO2)N(Cc1ccccc1)C(=O)COc1ccccc1Cl. The molecule has 1 atom stereocenters. The van der Waals surface area contributed by atoms with Crippen LogP contribution in [0, 0.1) is 0 Å². The van der Waals surface area contributed by atoms with Gasteiger partial charge in [-0.3, -0.25) is 9.59 Å². The molecule has 1 aliphatic heterocycles. The molecule has 2 amide bonds. The molecule has 4 rings (SSSR count). The summed E-state index contributed by atoms with van der Waals surface area (Å²) in [6, 6.07) is 21.2. The Morgan fingerprint density at radius 3 is 2.53 bits per heavy atom. The fourth-order valence-electron chi connectivity index (χ4n) is 3.53. The lowest BCUT2D eigenvalue weighted by atomic mass is 10.1. The molecule has 0 saturated heterocycles. The summed E-state index contributed by atoms with van der Waals surface area (Å²) >= 11 is 6.13. The Kier molecular flexibility index (Phi) is 7.54. The van der Waals surface area contributed by atoms with Crippen LogP contribution in [0.15, 0.2) is 72.8 Å². The number of carbonyl (C=O) groups excluding carboxylic acids is 2. The number of nitrogens with one attached hydrogen (secondary N) is 1. The smallest absolute Gasteiger partial charge is 0.261 e. The predicted molar refractivity (Wildman–Crippen MR) is 128 cm³/mol. The summed E-state index contributed by atoms with van der Waals surface area (Å²) in [4.78, 5) is 27.6. The number of benzene rings is 3. The minimum Gasteiger partial charge on any atom is -0.482 e. The number of halogens is 1. The van der Waals surface area contributed by atoms with Gasteiger partial charge in [-0.25, -0.2) is 0 Å². The molecule has 0 spiro atoms. The van der Waals surface area contributed by atoms with Crippen molar-refractivity contribution in [2.24, 2.45) is 0 Å². The molecule has 0 fully saturated rings. The van der Waals surface area contributed by atoms with Gasteiger partial charge in [0.05, 0.1) is 5.02 Å². The van der Waals surface area contributed by atoms with Crippen molar-refractivity contribution in [2.75, 3.05) is 13.4 Å². The Hall–Kier alpha value is -3.71. The number of carbonyl (C=O) groups is 2. The van der Waals surface area contributed by atoms with Gasteiger partial charge in [0.1, 0.15) is 11.8 Å². The molecule has 7 nitrogen and oxygen atoms in total. The van der Waals surface area contributed by atoms with Crippen molar-refractivity contribution in [3.05, 3.63) is 88.9 Å². The van der Waals surface area contributed by atoms with Crippen LogP contribution in [0.4, 0.5) is 0 Å². The van der Waals surface area contributed by atoms with E-state index in [4.69, 9.17) is 25.8 Å². The van der Waals surface area contributed by atoms with E-state index in [9.17, 15) is 9.59 Å². The van der Waals surface area contributed by atoms with Crippen molar-refractivity contribution in [2.45, 2.75) is 26.1 Å². The highest BCUT2D eigenvalue weighted by Gasteiger charge is 2.26. The quantitative estimate of drug-likeness (QED) is 0.497. The molecule has 1 heterocycles. The zero-order chi connectivity index (χ0) is 23.9. The number of nitrogens with zero attached hydrogens (tertiary/aromatic N) is 1. The van der Waals surface area contributed by atoms with Crippen molar-refractivity contribution in [1.82, 2.24) is 10.2 Å². The van der Waals surface area contributed by atoms with Crippen LogP contribution in [0.2, 0.25) is 5.02 Å². The van der Waals surface area contributed by atoms with Crippen molar-refractivity contribution in [3.8, 4) is 17.2 Å². The lowest BCUT2D eigenvalue weighted by Gasteiger charge is -2.29. The van der Waals surface area contributed by atoms with E-state index in [0.29, 0.717) is 28.8 Å². The average Bonchev–Trinajstić information content (AvgIpc) is 3.33. The third-order valence-corrected chi connectivity index (χ3v) is 5.77. The van der Waals surface area contributed by atoms with E-state index in [1.54, 1.807) is 31.2 Å². The lowest BCUT2D eigenvalue weighted by molar-refractivity contribution is -0.142. The van der Waals surface area contributed by atoms with Crippen LogP contribution in [-0.2, 0) is 22.7 Å². The first-order chi connectivity index (χ1) is 16.5. The first-order valence-corrected chi connectivity index (χ1v) is 11.3. The number of fused-ring (bicyclic) bond motifs is 1. The van der Waals surface area contributed by atoms with Crippen LogP contribution in [0.1, 0.15) is 18.1 Å². The Morgan fingerprint density at radius 1 is 1.00 bits per heavy atom. The second-order valence-corrected chi connectivity index (χ2v) is 8.21. The molecule has 0 radical (unpaired) electrons. The normalized spacial score (nSPS) is 12.6. The number of para-hydroxylation sites is 1. The number of hydrogen-bond donors (Lipinski definition) is 1. The van der Waals surface area contributed by atoms with Crippen LogP contribution in [0.25, 0.3) is 0 Å². The molecule has 0 aromatic heterocycles. The van der Waals surface area contributed by atoms with Gasteiger partial charge in [-0.2, -0.15) is 0 Å². The largest absolute Gasteiger partial charge is 0.482 e. The molecule has 3 aromatic carbocycles. The second kappa shape index (κ2) is 10.9. The molecule has 8 heteroatoms. The van der Waals surface area contributed by atoms with E-state index in [1.165, 1.54) is 4.90 Å². The summed E-state index contributed by atoms with van der Waals surface area (Å²) in [6.45, 7) is 2.21. The fourth-order valence-corrected chi connectivity index (χ4v) is 3.73. The van der Waals surface area contributed by atoms with Gasteiger partial charge in [0.2, 0.25) is 12.7 Å². The maximum absolute atomic E-state index is 13.1. The van der Waals surface area contributed by atoms with Crippen molar-refractivity contribution in [3.63, 3.8) is 0 Å². The van der Waals surface area contributed by atoms with Crippen LogP contribution >= 0.6 is 11.6 Å². The minimum atomic E-state index is -0.725. The Bertz CT molecular complexity index is 1150. The number of rotatable bonds is 9. The van der Waals surface area contributed by atoms with Gasteiger partial charge in [-0.05, 0) is 42.3 Å². The summed E-state index contributed by atoms with van der Waals surface area (Å²) in [5, 5.41) is 3.32. The van der Waals surface area contributed by atoms with Crippen molar-refractivity contribution >= 4 is 23.4 Å². The molecule has 34 heavy (non-hydrogen) atoms. The third-order valence-electron chi connectivity index (χ3n) is 5.45. The zero-order valence-electron chi connectivity index (χ0n) is 18.7. The standard InChI is InChI=1S/C26H25ClN2O5/c1-18(26(31)28-14-20-11-12-23-24(13-20)34-17-33-23)29(15-19-7-3-2-4-8-19)25(30)16-32-22-10-6-5-9-21(22)27/h2-13,18H,14-17H2,1H3,(H,28,31)/t18-/m0/s1. The third kappa shape index (κ3) is 5.80. The highest BCUT2D eigenvalue weighted by atomic mass is 35.5. The molecule has 3 aromatic rings. The molecular weight excluding hydrogens is 456 g/mol. The van der Waals surface area contributed by atoms with Gasteiger partial charge >= 0.3 is 0 Å². The predicted octanol–water partition coefficient (Wildman–Crippen LogP) is 4.18. The fraction of sp³-hybridized carbons (Fsp3) is 0.231. The number of hydrogen-bond acceptors (Lipinski definition) is 5. The van der Waals surface area contributed by atoms with Crippen LogP contribution < -0.4 is 19.5 Å². The topological polar surface area (TPSA) is 77.1 Å². The summed E-state index contributed by atoms with van der Waals surface area (Å²) < 4.78 is 16.3. The van der Waals surface area contributed by atoms with E-state index in [0.717, 1.165) is 11.1 Å². The number of amides is 2. The molecular formula is C26H25ClN2O5. The van der Waals surface area contributed by atoms with E-state index < -0.39 is 6.04 Å². The van der Waals surface area contributed by atoms with Crippen molar-refractivity contribution in [1.29, 1.82) is 0 Å². The van der Waals surface area contributed by atoms with Gasteiger partial charge in [-0.15, -0.1) is 0 Å². The van der Waals surface area contributed by atoms with E-state index in [2.05, 4.69) is 5.32 Å². The van der Waals surface area contributed by atoms with E-state index >= 15 is 0 Å². The van der Waals surface area contributed by atoms with Gasteiger partial charge in [0.15, 0.2) is 18.1 Å². The lowest BCUT2D eigenvalue weighted by Crippen LogP contribution is -2.48. The van der Waals surface area contributed by atoms with Crippen LogP contribution in [-0.4, -0.2) is 36.2 Å². The van der Waals surface area contributed by atoms with E-state index in [-0.39, 0.29) is 31.8 Å². The summed E-state index contributed by atoms with van der Waals surface area (Å²) in [5.41, 5.74) is 1.77. The maximum Gasteiger partial charge on any atom is 0.261 e. The molecule has 0 saturated carbocycles. The molecule has 1 aliphatic rings. The first kappa shape index (κ1) is 23.4. The Balaban J connectivity index is 1.42. The van der Waals surface area contributed by atoms with Gasteiger partial charge < -0.3 is 24.4 Å². The average molecular weight is 481 g/mol. The Labute approximate surface area is 203 Å². The molecule has 176 valence electrons. The minimum absolute atomic E-state index is 0.189. The molecule has 0 bridgehead atoms.